The van der Waals surface area contributed by atoms with E-state index in [0.29, 0.717) is 23.5 Å². The molecule has 30 heavy (non-hydrogen) atoms. The lowest BCUT2D eigenvalue weighted by Crippen LogP contribution is -2.14. The Morgan fingerprint density at radius 3 is 2.10 bits per heavy atom. The van der Waals surface area contributed by atoms with Gasteiger partial charge in [0.1, 0.15) is 0 Å². The number of nitrogens with zero attached hydrogens (tertiary/aromatic N) is 2. The van der Waals surface area contributed by atoms with Gasteiger partial charge in [0.2, 0.25) is 0 Å². The maximum Gasteiger partial charge on any atom is 0.0849 e. The highest BCUT2D eigenvalue weighted by molar-refractivity contribution is 6.01. The number of rotatable bonds is 7. The second kappa shape index (κ2) is 10.1. The quantitative estimate of drug-likeness (QED) is 0.471. The summed E-state index contributed by atoms with van der Waals surface area (Å²) in [4.78, 5) is 9.90. The van der Waals surface area contributed by atoms with Crippen molar-refractivity contribution < 1.29 is 0 Å². The third kappa shape index (κ3) is 5.44. The highest BCUT2D eigenvalue weighted by Crippen LogP contribution is 2.35. The first-order valence-corrected chi connectivity index (χ1v) is 11.6. The fraction of sp³-hybridized carbons (Fsp3) is 0.519. The Labute approximate surface area is 182 Å². The van der Waals surface area contributed by atoms with Gasteiger partial charge in [0.05, 0.1) is 28.5 Å². The van der Waals surface area contributed by atoms with Gasteiger partial charge in [-0.2, -0.15) is 0 Å². The van der Waals surface area contributed by atoms with E-state index in [1.165, 1.54) is 43.2 Å². The monoisotopic (exact) mass is 403 g/mol. The Hall–Kier alpha value is -2.29. The normalized spacial score (nSPS) is 15.8. The first kappa shape index (κ1) is 22.4. The summed E-state index contributed by atoms with van der Waals surface area (Å²) in [7, 11) is 0. The topological polar surface area (TPSA) is 49.1 Å². The number of para-hydroxylation sites is 1. The summed E-state index contributed by atoms with van der Waals surface area (Å²) in [6.45, 7) is 10.9. The molecule has 1 N–H and O–H groups in total. The lowest BCUT2D eigenvalue weighted by atomic mass is 9.85. The van der Waals surface area contributed by atoms with Crippen molar-refractivity contribution in [2.45, 2.75) is 85.0 Å². The SMILES string of the molecule is C/C(=N\c1c(C(C)C)cccc1C(C)C)c1cccc(C(=N)CC2CCCCC2)n1. The van der Waals surface area contributed by atoms with Crippen molar-refractivity contribution >= 4 is 17.1 Å². The zero-order valence-corrected chi connectivity index (χ0v) is 19.3. The third-order valence-corrected chi connectivity index (χ3v) is 6.27. The summed E-state index contributed by atoms with van der Waals surface area (Å²) in [6.07, 6.45) is 7.33. The van der Waals surface area contributed by atoms with Crippen LogP contribution < -0.4 is 0 Å². The Morgan fingerprint density at radius 1 is 0.933 bits per heavy atom. The van der Waals surface area contributed by atoms with E-state index in [0.717, 1.165) is 29.2 Å². The molecule has 1 saturated carbocycles. The molecule has 1 fully saturated rings. The van der Waals surface area contributed by atoms with Crippen LogP contribution in [0.15, 0.2) is 41.4 Å². The average Bonchev–Trinajstić information content (AvgIpc) is 2.74. The zero-order valence-electron chi connectivity index (χ0n) is 19.3. The molecule has 0 amide bonds. The fourth-order valence-electron chi connectivity index (χ4n) is 4.45. The molecule has 2 aromatic rings. The molecule has 0 bridgehead atoms. The van der Waals surface area contributed by atoms with Crippen molar-refractivity contribution in [3.8, 4) is 0 Å². The van der Waals surface area contributed by atoms with Gasteiger partial charge in [-0.1, -0.05) is 84.1 Å². The number of aromatic nitrogens is 1. The van der Waals surface area contributed by atoms with Crippen LogP contribution in [-0.2, 0) is 0 Å². The van der Waals surface area contributed by atoms with Crippen LogP contribution in [0.1, 0.15) is 107 Å². The van der Waals surface area contributed by atoms with Crippen molar-refractivity contribution in [2.75, 3.05) is 0 Å². The maximum absolute atomic E-state index is 8.60. The van der Waals surface area contributed by atoms with Gasteiger partial charge in [0.15, 0.2) is 0 Å². The number of hydrogen-bond donors (Lipinski definition) is 1. The van der Waals surface area contributed by atoms with Crippen molar-refractivity contribution in [1.82, 2.24) is 4.98 Å². The van der Waals surface area contributed by atoms with Crippen molar-refractivity contribution in [3.05, 3.63) is 58.9 Å². The lowest BCUT2D eigenvalue weighted by Gasteiger charge is -2.21. The molecule has 3 nitrogen and oxygen atoms in total. The zero-order chi connectivity index (χ0) is 21.7. The van der Waals surface area contributed by atoms with Crippen LogP contribution in [0.25, 0.3) is 0 Å². The summed E-state index contributed by atoms with van der Waals surface area (Å²) in [5.74, 6) is 1.48. The van der Waals surface area contributed by atoms with Crippen LogP contribution in [0.3, 0.4) is 0 Å². The molecule has 0 saturated heterocycles. The van der Waals surface area contributed by atoms with E-state index in [1.807, 2.05) is 25.1 Å². The Kier molecular flexibility index (Phi) is 7.58. The second-order valence-corrected chi connectivity index (χ2v) is 9.39. The molecule has 0 unspecified atom stereocenters. The summed E-state index contributed by atoms with van der Waals surface area (Å²) in [5.41, 5.74) is 6.90. The lowest BCUT2D eigenvalue weighted by molar-refractivity contribution is 0.368. The maximum atomic E-state index is 8.60. The number of pyridine rings is 1. The van der Waals surface area contributed by atoms with Crippen LogP contribution in [0.5, 0.6) is 0 Å². The predicted octanol–water partition coefficient (Wildman–Crippen LogP) is 7.81. The van der Waals surface area contributed by atoms with Crippen molar-refractivity contribution in [1.29, 1.82) is 5.41 Å². The van der Waals surface area contributed by atoms with E-state index in [1.54, 1.807) is 0 Å². The van der Waals surface area contributed by atoms with Gasteiger partial charge in [-0.3, -0.25) is 4.99 Å². The molecule has 1 aliphatic carbocycles. The fourth-order valence-corrected chi connectivity index (χ4v) is 4.45. The average molecular weight is 404 g/mol. The van der Waals surface area contributed by atoms with Crippen LogP contribution in [0, 0.1) is 11.3 Å². The van der Waals surface area contributed by atoms with E-state index in [9.17, 15) is 0 Å². The molecular formula is C27H37N3. The molecule has 1 aliphatic rings. The summed E-state index contributed by atoms with van der Waals surface area (Å²) >= 11 is 0. The molecular weight excluding hydrogens is 366 g/mol. The summed E-state index contributed by atoms with van der Waals surface area (Å²) in [6, 6.07) is 12.5. The molecule has 1 heterocycles. The van der Waals surface area contributed by atoms with Gasteiger partial charge in [-0.25, -0.2) is 4.98 Å². The minimum absolute atomic E-state index is 0.415. The van der Waals surface area contributed by atoms with Crippen LogP contribution in [0.2, 0.25) is 0 Å². The van der Waals surface area contributed by atoms with Crippen LogP contribution in [-0.4, -0.2) is 16.4 Å². The van der Waals surface area contributed by atoms with E-state index >= 15 is 0 Å². The Bertz CT molecular complexity index is 876. The minimum Gasteiger partial charge on any atom is -0.303 e. The Balaban J connectivity index is 1.89. The van der Waals surface area contributed by atoms with E-state index in [2.05, 4.69) is 45.9 Å². The number of aliphatic imine (C=N–C) groups is 1. The van der Waals surface area contributed by atoms with Gasteiger partial charge in [-0.15, -0.1) is 0 Å². The van der Waals surface area contributed by atoms with Crippen LogP contribution >= 0.6 is 0 Å². The predicted molar refractivity (Wildman–Crippen MR) is 129 cm³/mol. The van der Waals surface area contributed by atoms with Crippen molar-refractivity contribution in [2.24, 2.45) is 10.9 Å². The van der Waals surface area contributed by atoms with Crippen molar-refractivity contribution in [3.63, 3.8) is 0 Å². The highest BCUT2D eigenvalue weighted by atomic mass is 14.8. The van der Waals surface area contributed by atoms with Gasteiger partial charge in [0.25, 0.3) is 0 Å². The molecule has 0 aliphatic heterocycles. The smallest absolute Gasteiger partial charge is 0.0849 e. The minimum atomic E-state index is 0.415. The largest absolute Gasteiger partial charge is 0.303 e. The molecule has 0 radical (unpaired) electrons. The number of hydrogen-bond acceptors (Lipinski definition) is 3. The number of nitrogens with one attached hydrogen (secondary N) is 1. The van der Waals surface area contributed by atoms with Gasteiger partial charge in [0, 0.05) is 0 Å². The molecule has 160 valence electrons. The van der Waals surface area contributed by atoms with E-state index < -0.39 is 0 Å². The molecule has 1 aromatic heterocycles. The standard InChI is InChI=1S/C27H37N3/c1-18(2)22-13-9-14-23(19(3)4)27(22)29-20(5)25-15-10-16-26(30-25)24(28)17-21-11-7-6-8-12-21/h9-10,13-16,18-19,21,28H,6-8,11-12,17H2,1-5H3/b28-24?,29-20+. The molecule has 0 spiro atoms. The van der Waals surface area contributed by atoms with Crippen LogP contribution in [0.4, 0.5) is 5.69 Å². The molecule has 3 heteroatoms. The summed E-state index contributed by atoms with van der Waals surface area (Å²) < 4.78 is 0. The van der Waals surface area contributed by atoms with Gasteiger partial charge < -0.3 is 5.41 Å². The molecule has 3 rings (SSSR count). The van der Waals surface area contributed by atoms with Gasteiger partial charge in [-0.05, 0) is 54.4 Å². The highest BCUT2D eigenvalue weighted by Gasteiger charge is 2.18. The molecule has 1 aromatic carbocycles. The van der Waals surface area contributed by atoms with Gasteiger partial charge >= 0.3 is 0 Å². The first-order chi connectivity index (χ1) is 14.4. The number of benzene rings is 1. The van der Waals surface area contributed by atoms with E-state index in [-0.39, 0.29) is 0 Å². The Morgan fingerprint density at radius 2 is 1.50 bits per heavy atom. The summed E-state index contributed by atoms with van der Waals surface area (Å²) in [5, 5.41) is 8.60. The third-order valence-electron chi connectivity index (χ3n) is 6.27. The molecule has 0 atom stereocenters. The second-order valence-electron chi connectivity index (χ2n) is 9.39. The first-order valence-electron chi connectivity index (χ1n) is 11.6. The van der Waals surface area contributed by atoms with E-state index in [4.69, 9.17) is 15.4 Å².